The summed E-state index contributed by atoms with van der Waals surface area (Å²) in [6, 6.07) is 18.3. The SMILES string of the molecule is Cc1ccc(N=Nc2ccc(N=Nc3c(C)cc4cc(S(=O)(=O)O)c(N)cc4c3O)c3cc(S(=O)(=O)O)ccc23)cc1. The van der Waals surface area contributed by atoms with Crippen LogP contribution in [-0.2, 0) is 20.2 Å². The van der Waals surface area contributed by atoms with Crippen molar-refractivity contribution in [3.63, 3.8) is 0 Å². The van der Waals surface area contributed by atoms with Crippen LogP contribution in [0.25, 0.3) is 21.5 Å². The van der Waals surface area contributed by atoms with E-state index in [2.05, 4.69) is 20.5 Å². The highest BCUT2D eigenvalue weighted by Crippen LogP contribution is 2.42. The van der Waals surface area contributed by atoms with E-state index in [1.807, 2.05) is 19.1 Å². The van der Waals surface area contributed by atoms with Crippen LogP contribution in [0.2, 0.25) is 0 Å². The number of benzene rings is 5. The predicted molar refractivity (Wildman–Crippen MR) is 158 cm³/mol. The first kappa shape index (κ1) is 28.8. The number of nitrogens with zero attached hydrogens (tertiary/aromatic N) is 4. The Kier molecular flexibility index (Phi) is 7.24. The van der Waals surface area contributed by atoms with Crippen molar-refractivity contribution in [3.05, 3.63) is 83.9 Å². The number of anilines is 1. The van der Waals surface area contributed by atoms with Crippen LogP contribution in [0.1, 0.15) is 11.1 Å². The molecule has 0 atom stereocenters. The van der Waals surface area contributed by atoms with Gasteiger partial charge in [-0.3, -0.25) is 9.11 Å². The van der Waals surface area contributed by atoms with E-state index >= 15 is 0 Å². The second kappa shape index (κ2) is 10.6. The van der Waals surface area contributed by atoms with Gasteiger partial charge < -0.3 is 10.8 Å². The maximum Gasteiger partial charge on any atom is 0.296 e. The van der Waals surface area contributed by atoms with E-state index in [9.17, 15) is 31.0 Å². The van der Waals surface area contributed by atoms with Crippen LogP contribution in [0.15, 0.2) is 103 Å². The summed E-state index contributed by atoms with van der Waals surface area (Å²) in [5.41, 5.74) is 8.26. The van der Waals surface area contributed by atoms with Gasteiger partial charge in [0.2, 0.25) is 0 Å². The minimum absolute atomic E-state index is 0.0451. The van der Waals surface area contributed by atoms with Crippen LogP contribution in [0, 0.1) is 13.8 Å². The minimum Gasteiger partial charge on any atom is -0.505 e. The summed E-state index contributed by atoms with van der Waals surface area (Å²) < 4.78 is 66.1. The summed E-state index contributed by atoms with van der Waals surface area (Å²) in [6.45, 7) is 3.56. The maximum atomic E-state index is 11.9. The zero-order valence-corrected chi connectivity index (χ0v) is 23.7. The number of aromatic hydroxyl groups is 1. The molecule has 5 N–H and O–H groups in total. The van der Waals surface area contributed by atoms with E-state index in [1.54, 1.807) is 31.2 Å². The van der Waals surface area contributed by atoms with Gasteiger partial charge in [-0.15, -0.1) is 15.3 Å². The lowest BCUT2D eigenvalue weighted by Gasteiger charge is -2.11. The minimum atomic E-state index is -4.59. The number of nitrogens with two attached hydrogens (primary N) is 1. The molecule has 0 aliphatic rings. The molecule has 0 radical (unpaired) electrons. The molecule has 0 fully saturated rings. The summed E-state index contributed by atoms with van der Waals surface area (Å²) in [7, 11) is -9.14. The lowest BCUT2D eigenvalue weighted by Crippen LogP contribution is -2.03. The highest BCUT2D eigenvalue weighted by atomic mass is 32.2. The molecule has 0 aliphatic heterocycles. The monoisotopic (exact) mass is 605 g/mol. The number of nitrogen functional groups attached to an aromatic ring is 1. The van der Waals surface area contributed by atoms with Crippen LogP contribution >= 0.6 is 0 Å². The molecular weight excluding hydrogens is 582 g/mol. The van der Waals surface area contributed by atoms with Gasteiger partial charge in [-0.25, -0.2) is 0 Å². The maximum absolute atomic E-state index is 11.9. The highest BCUT2D eigenvalue weighted by Gasteiger charge is 2.19. The number of rotatable bonds is 6. The Morgan fingerprint density at radius 1 is 0.667 bits per heavy atom. The number of aryl methyl sites for hydroxylation is 2. The smallest absolute Gasteiger partial charge is 0.296 e. The van der Waals surface area contributed by atoms with Crippen LogP contribution < -0.4 is 5.73 Å². The Morgan fingerprint density at radius 3 is 1.95 bits per heavy atom. The molecule has 5 aromatic rings. The molecule has 0 heterocycles. The molecule has 0 aliphatic carbocycles. The van der Waals surface area contributed by atoms with Gasteiger partial charge in [0.1, 0.15) is 10.6 Å². The molecule has 5 rings (SSSR count). The van der Waals surface area contributed by atoms with Crippen molar-refractivity contribution < 1.29 is 31.0 Å². The predicted octanol–water partition coefficient (Wildman–Crippen LogP) is 7.22. The molecule has 0 amide bonds. The lowest BCUT2D eigenvalue weighted by atomic mass is 10.0. The van der Waals surface area contributed by atoms with E-state index in [1.165, 1.54) is 30.3 Å². The fourth-order valence-electron chi connectivity index (χ4n) is 4.36. The molecule has 214 valence electrons. The van der Waals surface area contributed by atoms with Crippen molar-refractivity contribution in [3.8, 4) is 5.75 Å². The van der Waals surface area contributed by atoms with Crippen molar-refractivity contribution in [1.82, 2.24) is 0 Å². The summed E-state index contributed by atoms with van der Waals surface area (Å²) in [5, 5.41) is 29.2. The quantitative estimate of drug-likeness (QED) is 0.0880. The number of hydrogen-bond donors (Lipinski definition) is 4. The average Bonchev–Trinajstić information content (AvgIpc) is 2.92. The van der Waals surface area contributed by atoms with E-state index in [0.29, 0.717) is 22.3 Å². The molecular formula is C28H23N5O7S2. The van der Waals surface area contributed by atoms with Gasteiger partial charge in [0, 0.05) is 16.2 Å². The molecule has 0 saturated heterocycles. The number of azo groups is 2. The van der Waals surface area contributed by atoms with E-state index in [0.717, 1.165) is 11.6 Å². The first-order chi connectivity index (χ1) is 19.7. The van der Waals surface area contributed by atoms with Gasteiger partial charge >= 0.3 is 0 Å². The molecule has 0 aromatic heterocycles. The summed E-state index contributed by atoms with van der Waals surface area (Å²) in [5.74, 6) is -0.339. The summed E-state index contributed by atoms with van der Waals surface area (Å²) >= 11 is 0. The highest BCUT2D eigenvalue weighted by molar-refractivity contribution is 7.86. The third kappa shape index (κ3) is 5.69. The Balaban J connectivity index is 1.63. The van der Waals surface area contributed by atoms with Crippen molar-refractivity contribution in [2.75, 3.05) is 5.73 Å². The van der Waals surface area contributed by atoms with E-state index in [4.69, 9.17) is 5.73 Å². The topological polar surface area (TPSA) is 204 Å². The number of phenols is 1. The third-order valence-electron chi connectivity index (χ3n) is 6.49. The van der Waals surface area contributed by atoms with Crippen molar-refractivity contribution in [2.45, 2.75) is 23.6 Å². The fraction of sp³-hybridized carbons (Fsp3) is 0.0714. The summed E-state index contributed by atoms with van der Waals surface area (Å²) in [4.78, 5) is -0.863. The molecule has 0 saturated carbocycles. The third-order valence-corrected chi connectivity index (χ3v) is 8.25. The van der Waals surface area contributed by atoms with Crippen molar-refractivity contribution >= 4 is 70.2 Å². The number of hydrogen-bond acceptors (Lipinski definition) is 10. The van der Waals surface area contributed by atoms with Gasteiger partial charge in [-0.1, -0.05) is 23.8 Å². The zero-order chi connectivity index (χ0) is 30.4. The van der Waals surface area contributed by atoms with Crippen molar-refractivity contribution in [2.24, 2.45) is 20.5 Å². The molecule has 12 nitrogen and oxygen atoms in total. The van der Waals surface area contributed by atoms with Gasteiger partial charge in [0.05, 0.1) is 27.6 Å². The van der Waals surface area contributed by atoms with Gasteiger partial charge in [0.25, 0.3) is 20.2 Å². The molecule has 0 unspecified atom stereocenters. The van der Waals surface area contributed by atoms with Crippen LogP contribution in [-0.4, -0.2) is 31.0 Å². The summed E-state index contributed by atoms with van der Waals surface area (Å²) in [6.07, 6.45) is 0. The number of fused-ring (bicyclic) bond motifs is 2. The normalized spacial score (nSPS) is 12.7. The molecule has 42 heavy (non-hydrogen) atoms. The van der Waals surface area contributed by atoms with Gasteiger partial charge in [-0.05, 0) is 79.4 Å². The van der Waals surface area contributed by atoms with Crippen LogP contribution in [0.3, 0.4) is 0 Å². The second-order valence-corrected chi connectivity index (χ2v) is 12.3. The van der Waals surface area contributed by atoms with Gasteiger partial charge in [-0.2, -0.15) is 21.9 Å². The Hall–Kier alpha value is -4.76. The molecule has 0 bridgehead atoms. The molecule has 14 heteroatoms. The Labute approximate surface area is 240 Å². The molecule has 0 spiro atoms. The fourth-order valence-corrected chi connectivity index (χ4v) is 5.50. The van der Waals surface area contributed by atoms with Crippen molar-refractivity contribution in [1.29, 1.82) is 0 Å². The van der Waals surface area contributed by atoms with Crippen LogP contribution in [0.5, 0.6) is 5.75 Å². The standard InChI is InChI=1S/C28H23N5O7S2/c1-15-3-5-18(6-4-15)30-31-24-9-10-25(22-13-19(41(35,36)37)7-8-20(22)24)32-33-27-16(2)11-17-12-26(42(38,39)40)23(29)14-21(17)28(27)34/h3-14,34H,29H2,1-2H3,(H,35,36,37)(H,38,39,40). The first-order valence-corrected chi connectivity index (χ1v) is 15.1. The lowest BCUT2D eigenvalue weighted by molar-refractivity contribution is 0.480. The largest absolute Gasteiger partial charge is 0.505 e. The second-order valence-electron chi connectivity index (χ2n) is 9.50. The number of phenolic OH excluding ortho intramolecular Hbond substituents is 1. The average molecular weight is 606 g/mol. The zero-order valence-electron chi connectivity index (χ0n) is 22.1. The van der Waals surface area contributed by atoms with Crippen LogP contribution in [0.4, 0.5) is 28.4 Å². The molecule has 5 aromatic carbocycles. The first-order valence-electron chi connectivity index (χ1n) is 12.2. The Bertz CT molecular complexity index is 2180. The van der Waals surface area contributed by atoms with Gasteiger partial charge in [0.15, 0.2) is 5.75 Å². The van der Waals surface area contributed by atoms with E-state index in [-0.39, 0.29) is 43.9 Å². The van der Waals surface area contributed by atoms with E-state index < -0.39 is 25.1 Å². The Morgan fingerprint density at radius 2 is 1.31 bits per heavy atom.